The van der Waals surface area contributed by atoms with E-state index >= 15 is 0 Å². The standard InChI is InChI=1S/C21H23FN4O2/c22-17-7-5-16(6-8-17)14-26-19-4-2-1-3-18(19)24-20(26)25-11-9-15(10-12-25)13-23-21(27)28/h1-8,15,23H,9-14H2,(H,27,28). The Hall–Kier alpha value is -3.09. The van der Waals surface area contributed by atoms with E-state index in [-0.39, 0.29) is 5.82 Å². The van der Waals surface area contributed by atoms with Crippen LogP contribution in [0.5, 0.6) is 0 Å². The number of carboxylic acid groups (broad SMARTS) is 1. The number of anilines is 1. The second-order valence-corrected chi connectivity index (χ2v) is 7.23. The third-order valence-corrected chi connectivity index (χ3v) is 5.33. The van der Waals surface area contributed by atoms with Gasteiger partial charge in [-0.15, -0.1) is 0 Å². The molecular formula is C21H23FN4O2. The van der Waals surface area contributed by atoms with Gasteiger partial charge in [0.2, 0.25) is 5.95 Å². The van der Waals surface area contributed by atoms with Crippen molar-refractivity contribution in [3.05, 3.63) is 59.9 Å². The van der Waals surface area contributed by atoms with Crippen molar-refractivity contribution < 1.29 is 14.3 Å². The van der Waals surface area contributed by atoms with Gasteiger partial charge in [-0.05, 0) is 48.6 Å². The molecule has 0 saturated carbocycles. The number of nitrogens with zero attached hydrogens (tertiary/aromatic N) is 3. The SMILES string of the molecule is O=C(O)NCC1CCN(c2nc3ccccc3n2Cc2ccc(F)cc2)CC1. The number of para-hydroxylation sites is 2. The van der Waals surface area contributed by atoms with Crippen LogP contribution in [0.2, 0.25) is 0 Å². The Bertz CT molecular complexity index is 962. The molecule has 2 heterocycles. The molecule has 6 nitrogen and oxygen atoms in total. The van der Waals surface area contributed by atoms with Gasteiger partial charge >= 0.3 is 6.09 Å². The number of carbonyl (C=O) groups is 1. The summed E-state index contributed by atoms with van der Waals surface area (Å²) >= 11 is 0. The van der Waals surface area contributed by atoms with Gasteiger partial charge in [0.05, 0.1) is 17.6 Å². The molecule has 0 radical (unpaired) electrons. The minimum atomic E-state index is -0.969. The van der Waals surface area contributed by atoms with E-state index in [2.05, 4.69) is 20.9 Å². The molecule has 7 heteroatoms. The lowest BCUT2D eigenvalue weighted by Gasteiger charge is -2.33. The summed E-state index contributed by atoms with van der Waals surface area (Å²) in [7, 11) is 0. The van der Waals surface area contributed by atoms with E-state index in [1.54, 1.807) is 12.1 Å². The molecule has 4 rings (SSSR count). The highest BCUT2D eigenvalue weighted by Crippen LogP contribution is 2.27. The summed E-state index contributed by atoms with van der Waals surface area (Å²) in [5.41, 5.74) is 3.01. The maximum Gasteiger partial charge on any atom is 0.404 e. The number of hydrogen-bond donors (Lipinski definition) is 2. The fourth-order valence-corrected chi connectivity index (χ4v) is 3.80. The average Bonchev–Trinajstić information content (AvgIpc) is 3.07. The molecule has 28 heavy (non-hydrogen) atoms. The number of amides is 1. The van der Waals surface area contributed by atoms with Gasteiger partial charge < -0.3 is 19.9 Å². The van der Waals surface area contributed by atoms with Crippen molar-refractivity contribution in [3.63, 3.8) is 0 Å². The number of halogens is 1. The number of fused-ring (bicyclic) bond motifs is 1. The summed E-state index contributed by atoms with van der Waals surface area (Å²) in [6, 6.07) is 14.6. The molecule has 0 atom stereocenters. The predicted octanol–water partition coefficient (Wildman–Crippen LogP) is 3.71. The zero-order valence-electron chi connectivity index (χ0n) is 15.5. The highest BCUT2D eigenvalue weighted by molar-refractivity contribution is 5.79. The maximum absolute atomic E-state index is 13.3. The fraction of sp³-hybridized carbons (Fsp3) is 0.333. The Morgan fingerprint density at radius 3 is 2.57 bits per heavy atom. The number of rotatable bonds is 5. The largest absolute Gasteiger partial charge is 0.465 e. The van der Waals surface area contributed by atoms with E-state index in [1.807, 2.05) is 18.2 Å². The fourth-order valence-electron chi connectivity index (χ4n) is 3.80. The summed E-state index contributed by atoms with van der Waals surface area (Å²) in [5.74, 6) is 1.02. The van der Waals surface area contributed by atoms with E-state index in [0.717, 1.165) is 48.5 Å². The van der Waals surface area contributed by atoms with Crippen molar-refractivity contribution in [1.82, 2.24) is 14.9 Å². The van der Waals surface area contributed by atoms with E-state index in [9.17, 15) is 9.18 Å². The molecular weight excluding hydrogens is 359 g/mol. The minimum absolute atomic E-state index is 0.239. The van der Waals surface area contributed by atoms with Crippen LogP contribution >= 0.6 is 0 Å². The van der Waals surface area contributed by atoms with E-state index in [0.29, 0.717) is 19.0 Å². The Balaban J connectivity index is 1.57. The lowest BCUT2D eigenvalue weighted by molar-refractivity contribution is 0.191. The molecule has 0 bridgehead atoms. The zero-order chi connectivity index (χ0) is 19.5. The summed E-state index contributed by atoms with van der Waals surface area (Å²) in [5, 5.41) is 11.3. The highest BCUT2D eigenvalue weighted by atomic mass is 19.1. The molecule has 1 amide bonds. The summed E-state index contributed by atoms with van der Waals surface area (Å²) in [6.45, 7) is 2.78. The van der Waals surface area contributed by atoms with Gasteiger partial charge in [0.15, 0.2) is 0 Å². The number of nitrogens with one attached hydrogen (secondary N) is 1. The van der Waals surface area contributed by atoms with Crippen molar-refractivity contribution in [2.75, 3.05) is 24.5 Å². The third kappa shape index (κ3) is 3.93. The Kier molecular flexibility index (Phi) is 5.14. The minimum Gasteiger partial charge on any atom is -0.465 e. The van der Waals surface area contributed by atoms with Gasteiger partial charge in [-0.2, -0.15) is 0 Å². The molecule has 1 aromatic heterocycles. The van der Waals surface area contributed by atoms with Gasteiger partial charge in [-0.25, -0.2) is 14.2 Å². The molecule has 1 aliphatic rings. The number of benzene rings is 2. The molecule has 146 valence electrons. The average molecular weight is 382 g/mol. The first-order valence-electron chi connectivity index (χ1n) is 9.51. The van der Waals surface area contributed by atoms with Crippen LogP contribution in [0.25, 0.3) is 11.0 Å². The second-order valence-electron chi connectivity index (χ2n) is 7.23. The summed E-state index contributed by atoms with van der Waals surface area (Å²) in [4.78, 5) is 17.8. The molecule has 0 aliphatic carbocycles. The van der Waals surface area contributed by atoms with Crippen LogP contribution in [0.15, 0.2) is 48.5 Å². The van der Waals surface area contributed by atoms with Crippen LogP contribution in [0.1, 0.15) is 18.4 Å². The van der Waals surface area contributed by atoms with Gasteiger partial charge in [-0.3, -0.25) is 0 Å². The monoisotopic (exact) mass is 382 g/mol. The zero-order valence-corrected chi connectivity index (χ0v) is 15.5. The van der Waals surface area contributed by atoms with Crippen molar-refractivity contribution in [3.8, 4) is 0 Å². The molecule has 0 unspecified atom stereocenters. The van der Waals surface area contributed by atoms with Gasteiger partial charge in [0, 0.05) is 19.6 Å². The van der Waals surface area contributed by atoms with Crippen molar-refractivity contribution in [2.45, 2.75) is 19.4 Å². The maximum atomic E-state index is 13.3. The van der Waals surface area contributed by atoms with Gasteiger partial charge in [-0.1, -0.05) is 24.3 Å². The third-order valence-electron chi connectivity index (χ3n) is 5.33. The molecule has 1 fully saturated rings. The quantitative estimate of drug-likeness (QED) is 0.706. The first-order valence-corrected chi connectivity index (χ1v) is 9.51. The van der Waals surface area contributed by atoms with Crippen molar-refractivity contribution >= 4 is 23.1 Å². The van der Waals surface area contributed by atoms with Gasteiger partial charge in [0.25, 0.3) is 0 Å². The normalized spacial score (nSPS) is 15.1. The van der Waals surface area contributed by atoms with Crippen molar-refractivity contribution in [2.24, 2.45) is 5.92 Å². The van der Waals surface area contributed by atoms with Crippen LogP contribution in [0.3, 0.4) is 0 Å². The first kappa shape index (κ1) is 18.3. The van der Waals surface area contributed by atoms with E-state index in [4.69, 9.17) is 10.1 Å². The molecule has 3 aromatic rings. The molecule has 2 aromatic carbocycles. The van der Waals surface area contributed by atoms with Crippen LogP contribution < -0.4 is 10.2 Å². The Morgan fingerprint density at radius 2 is 1.86 bits per heavy atom. The number of imidazole rings is 1. The number of aromatic nitrogens is 2. The molecule has 2 N–H and O–H groups in total. The molecule has 1 saturated heterocycles. The lowest BCUT2D eigenvalue weighted by atomic mass is 9.97. The summed E-state index contributed by atoms with van der Waals surface area (Å²) < 4.78 is 15.4. The lowest BCUT2D eigenvalue weighted by Crippen LogP contribution is -2.39. The Labute approximate surface area is 162 Å². The predicted molar refractivity (Wildman–Crippen MR) is 106 cm³/mol. The van der Waals surface area contributed by atoms with Crippen LogP contribution in [-0.2, 0) is 6.54 Å². The Morgan fingerprint density at radius 1 is 1.14 bits per heavy atom. The van der Waals surface area contributed by atoms with Crippen LogP contribution in [0, 0.1) is 11.7 Å². The van der Waals surface area contributed by atoms with Gasteiger partial charge in [0.1, 0.15) is 5.82 Å². The first-order chi connectivity index (χ1) is 13.6. The highest BCUT2D eigenvalue weighted by Gasteiger charge is 2.24. The van der Waals surface area contributed by atoms with Crippen LogP contribution in [-0.4, -0.2) is 40.4 Å². The van der Waals surface area contributed by atoms with E-state index < -0.39 is 6.09 Å². The number of piperidine rings is 1. The molecule has 0 spiro atoms. The topological polar surface area (TPSA) is 70.4 Å². The van der Waals surface area contributed by atoms with E-state index in [1.165, 1.54) is 12.1 Å². The summed E-state index contributed by atoms with van der Waals surface area (Å²) in [6.07, 6.45) is 0.864. The molecule has 1 aliphatic heterocycles. The second kappa shape index (κ2) is 7.88. The number of hydrogen-bond acceptors (Lipinski definition) is 3. The smallest absolute Gasteiger partial charge is 0.404 e. The van der Waals surface area contributed by atoms with Crippen LogP contribution in [0.4, 0.5) is 15.1 Å². The van der Waals surface area contributed by atoms with Crippen molar-refractivity contribution in [1.29, 1.82) is 0 Å².